The van der Waals surface area contributed by atoms with Crippen molar-refractivity contribution >= 4 is 5.91 Å². The fourth-order valence-corrected chi connectivity index (χ4v) is 2.90. The molecule has 0 aliphatic carbocycles. The Morgan fingerprint density at radius 3 is 2.88 bits per heavy atom. The van der Waals surface area contributed by atoms with Gasteiger partial charge in [0.1, 0.15) is 6.54 Å². The van der Waals surface area contributed by atoms with Crippen LogP contribution in [-0.2, 0) is 17.5 Å². The second kappa shape index (κ2) is 6.81. The van der Waals surface area contributed by atoms with E-state index in [1.165, 1.54) is 12.1 Å². The highest BCUT2D eigenvalue weighted by Crippen LogP contribution is 2.31. The van der Waals surface area contributed by atoms with Crippen LogP contribution in [0.3, 0.4) is 0 Å². The van der Waals surface area contributed by atoms with Crippen molar-refractivity contribution in [2.45, 2.75) is 32.5 Å². The first-order valence-corrected chi connectivity index (χ1v) is 8.06. The molecule has 3 rings (SSSR count). The fraction of sp³-hybridized carbons (Fsp3) is 0.500. The molecule has 9 heteroatoms. The molecule has 1 aliphatic rings. The minimum atomic E-state index is -4.44. The lowest BCUT2D eigenvalue weighted by Crippen LogP contribution is -2.41. The Labute approximate surface area is 142 Å². The van der Waals surface area contributed by atoms with Crippen molar-refractivity contribution in [2.75, 3.05) is 13.1 Å². The second-order valence-electron chi connectivity index (χ2n) is 6.31. The molecule has 1 fully saturated rings. The van der Waals surface area contributed by atoms with Crippen LogP contribution in [0, 0.1) is 5.92 Å². The van der Waals surface area contributed by atoms with E-state index in [1.54, 1.807) is 4.90 Å². The number of hydrogen-bond donors (Lipinski definition) is 0. The van der Waals surface area contributed by atoms with Gasteiger partial charge >= 0.3 is 6.18 Å². The van der Waals surface area contributed by atoms with Crippen LogP contribution in [0.4, 0.5) is 13.2 Å². The normalized spacial score (nSPS) is 18.4. The third kappa shape index (κ3) is 4.15. The highest BCUT2D eigenvalue weighted by molar-refractivity contribution is 5.75. The van der Waals surface area contributed by atoms with Crippen LogP contribution in [0.1, 0.15) is 25.3 Å². The summed E-state index contributed by atoms with van der Waals surface area (Å²) in [5, 5.41) is 11.6. The molecule has 1 aliphatic heterocycles. The van der Waals surface area contributed by atoms with E-state index in [0.29, 0.717) is 19.0 Å². The zero-order valence-corrected chi connectivity index (χ0v) is 13.7. The molecule has 2 heterocycles. The Hall–Kier alpha value is -2.45. The Bertz CT molecular complexity index is 758. The molecule has 25 heavy (non-hydrogen) atoms. The van der Waals surface area contributed by atoms with Crippen LogP contribution in [0.15, 0.2) is 24.3 Å². The topological polar surface area (TPSA) is 63.9 Å². The monoisotopic (exact) mass is 353 g/mol. The number of alkyl halides is 3. The molecule has 0 saturated carbocycles. The average Bonchev–Trinajstić information content (AvgIpc) is 3.03. The molecule has 0 unspecified atom stereocenters. The van der Waals surface area contributed by atoms with Crippen molar-refractivity contribution in [3.63, 3.8) is 0 Å². The zero-order valence-electron chi connectivity index (χ0n) is 13.7. The van der Waals surface area contributed by atoms with Gasteiger partial charge in [-0.2, -0.15) is 18.0 Å². The molecule has 134 valence electrons. The standard InChI is InChI=1S/C16H18F3N5O/c1-11-4-3-7-23(9-11)14(25)10-24-21-15(20-22-24)12-5-2-6-13(8-12)16(17,18)19/h2,5-6,8,11H,3-4,7,9-10H2,1H3/t11-/m0/s1. The predicted octanol–water partition coefficient (Wildman–Crippen LogP) is 2.62. The van der Waals surface area contributed by atoms with E-state index in [2.05, 4.69) is 22.3 Å². The van der Waals surface area contributed by atoms with Crippen LogP contribution >= 0.6 is 0 Å². The van der Waals surface area contributed by atoms with Gasteiger partial charge in [0.25, 0.3) is 0 Å². The van der Waals surface area contributed by atoms with Crippen molar-refractivity contribution in [3.05, 3.63) is 29.8 Å². The van der Waals surface area contributed by atoms with Crippen molar-refractivity contribution < 1.29 is 18.0 Å². The first-order chi connectivity index (χ1) is 11.8. The lowest BCUT2D eigenvalue weighted by atomic mass is 10.0. The van der Waals surface area contributed by atoms with Gasteiger partial charge in [0.2, 0.25) is 11.7 Å². The van der Waals surface area contributed by atoms with Gasteiger partial charge < -0.3 is 4.90 Å². The number of piperidine rings is 1. The van der Waals surface area contributed by atoms with Crippen molar-refractivity contribution in [1.82, 2.24) is 25.1 Å². The summed E-state index contributed by atoms with van der Waals surface area (Å²) in [6.07, 6.45) is -2.37. The number of amides is 1. The first-order valence-electron chi connectivity index (χ1n) is 8.06. The molecule has 0 spiro atoms. The van der Waals surface area contributed by atoms with Gasteiger partial charge in [-0.1, -0.05) is 19.1 Å². The summed E-state index contributed by atoms with van der Waals surface area (Å²) in [5.74, 6) is 0.410. The van der Waals surface area contributed by atoms with E-state index in [9.17, 15) is 18.0 Å². The lowest BCUT2D eigenvalue weighted by Gasteiger charge is -2.30. The molecule has 1 saturated heterocycles. The van der Waals surface area contributed by atoms with Crippen LogP contribution < -0.4 is 0 Å². The average molecular weight is 353 g/mol. The number of hydrogen-bond acceptors (Lipinski definition) is 4. The molecule has 2 aromatic rings. The van der Waals surface area contributed by atoms with Gasteiger partial charge in [0, 0.05) is 18.7 Å². The van der Waals surface area contributed by atoms with Gasteiger partial charge in [0.15, 0.2) is 0 Å². The second-order valence-corrected chi connectivity index (χ2v) is 6.31. The van der Waals surface area contributed by atoms with Crippen molar-refractivity contribution in [1.29, 1.82) is 0 Å². The maximum atomic E-state index is 12.8. The molecule has 1 aromatic carbocycles. The first kappa shape index (κ1) is 17.4. The van der Waals surface area contributed by atoms with Gasteiger partial charge in [-0.25, -0.2) is 0 Å². The van der Waals surface area contributed by atoms with Crippen molar-refractivity contribution in [2.24, 2.45) is 5.92 Å². The Morgan fingerprint density at radius 1 is 1.36 bits per heavy atom. The van der Waals surface area contributed by atoms with E-state index in [4.69, 9.17) is 0 Å². The minimum absolute atomic E-state index is 0.0610. The summed E-state index contributed by atoms with van der Waals surface area (Å²) in [5.41, 5.74) is -0.570. The zero-order chi connectivity index (χ0) is 18.0. The number of aromatic nitrogens is 4. The molecular weight excluding hydrogens is 335 g/mol. The SMILES string of the molecule is C[C@H]1CCCN(C(=O)Cn2nnc(-c3cccc(C(F)(F)F)c3)n2)C1. The Morgan fingerprint density at radius 2 is 2.16 bits per heavy atom. The Balaban J connectivity index is 1.71. The number of rotatable bonds is 3. The van der Waals surface area contributed by atoms with Gasteiger partial charge in [-0.15, -0.1) is 10.2 Å². The lowest BCUT2D eigenvalue weighted by molar-refractivity contribution is -0.137. The van der Waals surface area contributed by atoms with Crippen LogP contribution in [0.5, 0.6) is 0 Å². The molecule has 1 amide bonds. The molecule has 6 nitrogen and oxygen atoms in total. The summed E-state index contributed by atoms with van der Waals surface area (Å²) in [6.45, 7) is 3.43. The van der Waals surface area contributed by atoms with E-state index < -0.39 is 11.7 Å². The number of nitrogens with zero attached hydrogens (tertiary/aromatic N) is 5. The van der Waals surface area contributed by atoms with E-state index in [0.717, 1.165) is 29.8 Å². The third-order valence-corrected chi connectivity index (χ3v) is 4.19. The summed E-state index contributed by atoms with van der Waals surface area (Å²) < 4.78 is 38.4. The number of tetrazole rings is 1. The third-order valence-electron chi connectivity index (χ3n) is 4.19. The van der Waals surface area contributed by atoms with E-state index in [1.807, 2.05) is 0 Å². The van der Waals surface area contributed by atoms with Gasteiger partial charge in [-0.3, -0.25) is 4.79 Å². The largest absolute Gasteiger partial charge is 0.416 e. The summed E-state index contributed by atoms with van der Waals surface area (Å²) in [6, 6.07) is 4.72. The van der Waals surface area contributed by atoms with Crippen molar-refractivity contribution in [3.8, 4) is 11.4 Å². The maximum absolute atomic E-state index is 12.8. The quantitative estimate of drug-likeness (QED) is 0.851. The molecule has 1 atom stereocenters. The molecule has 0 N–H and O–H groups in total. The number of likely N-dealkylation sites (tertiary alicyclic amines) is 1. The van der Waals surface area contributed by atoms with Crippen LogP contribution in [0.2, 0.25) is 0 Å². The van der Waals surface area contributed by atoms with Crippen LogP contribution in [0.25, 0.3) is 11.4 Å². The molecule has 0 radical (unpaired) electrons. The molecule has 1 aromatic heterocycles. The van der Waals surface area contributed by atoms with Gasteiger partial charge in [-0.05, 0) is 36.1 Å². The summed E-state index contributed by atoms with van der Waals surface area (Å²) in [4.78, 5) is 15.2. The highest BCUT2D eigenvalue weighted by atomic mass is 19.4. The predicted molar refractivity (Wildman–Crippen MR) is 83.2 cm³/mol. The van der Waals surface area contributed by atoms with E-state index in [-0.39, 0.29) is 23.8 Å². The van der Waals surface area contributed by atoms with Gasteiger partial charge in [0.05, 0.1) is 5.56 Å². The Kier molecular flexibility index (Phi) is 4.73. The minimum Gasteiger partial charge on any atom is -0.341 e. The maximum Gasteiger partial charge on any atom is 0.416 e. The van der Waals surface area contributed by atoms with E-state index >= 15 is 0 Å². The summed E-state index contributed by atoms with van der Waals surface area (Å²) in [7, 11) is 0. The highest BCUT2D eigenvalue weighted by Gasteiger charge is 2.30. The smallest absolute Gasteiger partial charge is 0.341 e. The molecular formula is C16H18F3N5O. The fourth-order valence-electron chi connectivity index (χ4n) is 2.90. The molecule has 0 bridgehead atoms. The number of carbonyl (C=O) groups is 1. The number of benzene rings is 1. The number of carbonyl (C=O) groups excluding carboxylic acids is 1. The summed E-state index contributed by atoms with van der Waals surface area (Å²) >= 11 is 0. The van der Waals surface area contributed by atoms with Crippen LogP contribution in [-0.4, -0.2) is 44.1 Å². The number of halogens is 3.